The number of nitrogens with zero attached hydrogens (tertiary/aromatic N) is 3. The third kappa shape index (κ3) is 3.34. The maximum atomic E-state index is 9.48. The van der Waals surface area contributed by atoms with Crippen LogP contribution < -0.4 is 0 Å². The number of thiazole rings is 1. The van der Waals surface area contributed by atoms with Crippen LogP contribution in [-0.4, -0.2) is 26.3 Å². The highest BCUT2D eigenvalue weighted by Crippen LogP contribution is 2.13. The fraction of sp³-hybridized carbons (Fsp3) is 0.545. The lowest BCUT2D eigenvalue weighted by Crippen LogP contribution is -2.08. The largest absolute Gasteiger partial charge is 0.393 e. The van der Waals surface area contributed by atoms with Crippen molar-refractivity contribution in [1.29, 1.82) is 0 Å². The molecule has 92 valence electrons. The lowest BCUT2D eigenvalue weighted by atomic mass is 10.2. The SMILES string of the molecule is CCC(O)Cc1nc(Cc2nc(C)cs2)no1. The van der Waals surface area contributed by atoms with Gasteiger partial charge in [-0.25, -0.2) is 4.98 Å². The van der Waals surface area contributed by atoms with Crippen molar-refractivity contribution >= 4 is 11.3 Å². The topological polar surface area (TPSA) is 72.0 Å². The Morgan fingerprint density at radius 2 is 2.29 bits per heavy atom. The van der Waals surface area contributed by atoms with Crippen molar-refractivity contribution in [2.75, 3.05) is 0 Å². The van der Waals surface area contributed by atoms with E-state index in [0.717, 1.165) is 10.7 Å². The van der Waals surface area contributed by atoms with E-state index >= 15 is 0 Å². The molecule has 5 nitrogen and oxygen atoms in total. The van der Waals surface area contributed by atoms with E-state index in [2.05, 4.69) is 15.1 Å². The highest BCUT2D eigenvalue weighted by molar-refractivity contribution is 7.09. The maximum Gasteiger partial charge on any atom is 0.229 e. The van der Waals surface area contributed by atoms with Crippen molar-refractivity contribution in [3.05, 3.63) is 27.8 Å². The van der Waals surface area contributed by atoms with E-state index in [4.69, 9.17) is 4.52 Å². The van der Waals surface area contributed by atoms with Gasteiger partial charge in [0.05, 0.1) is 18.9 Å². The van der Waals surface area contributed by atoms with Gasteiger partial charge in [-0.05, 0) is 13.3 Å². The molecule has 0 spiro atoms. The molecular formula is C11H15N3O2S. The summed E-state index contributed by atoms with van der Waals surface area (Å²) >= 11 is 1.59. The summed E-state index contributed by atoms with van der Waals surface area (Å²) in [5.74, 6) is 1.11. The van der Waals surface area contributed by atoms with Gasteiger partial charge in [-0.15, -0.1) is 11.3 Å². The lowest BCUT2D eigenvalue weighted by Gasteiger charge is -2.01. The van der Waals surface area contributed by atoms with Gasteiger partial charge in [0.25, 0.3) is 0 Å². The van der Waals surface area contributed by atoms with Crippen LogP contribution in [0.1, 0.15) is 35.8 Å². The molecule has 0 fully saturated rings. The molecule has 2 aromatic heterocycles. The van der Waals surface area contributed by atoms with E-state index in [0.29, 0.717) is 31.0 Å². The van der Waals surface area contributed by atoms with Crippen molar-refractivity contribution < 1.29 is 9.63 Å². The zero-order valence-corrected chi connectivity index (χ0v) is 10.7. The standard InChI is InChI=1S/C11H15N3O2S/c1-3-8(15)4-10-13-9(14-16-10)5-11-12-7(2)6-17-11/h6,8,15H,3-5H2,1-2H3. The van der Waals surface area contributed by atoms with Crippen LogP contribution in [0, 0.1) is 6.92 Å². The molecule has 0 aliphatic heterocycles. The summed E-state index contributed by atoms with van der Waals surface area (Å²) in [6.07, 6.45) is 1.28. The second kappa shape index (κ2) is 5.37. The molecule has 2 rings (SSSR count). The molecule has 0 bridgehead atoms. The Kier molecular flexibility index (Phi) is 3.86. The Labute approximate surface area is 104 Å². The minimum Gasteiger partial charge on any atom is -0.393 e. The molecule has 0 amide bonds. The molecule has 1 atom stereocenters. The summed E-state index contributed by atoms with van der Waals surface area (Å²) in [7, 11) is 0. The van der Waals surface area contributed by atoms with Gasteiger partial charge in [0.2, 0.25) is 5.89 Å². The molecule has 0 saturated carbocycles. The first kappa shape index (κ1) is 12.2. The van der Waals surface area contributed by atoms with Gasteiger partial charge in [-0.1, -0.05) is 12.1 Å². The molecule has 6 heteroatoms. The van der Waals surface area contributed by atoms with Crippen LogP contribution in [0.3, 0.4) is 0 Å². The number of hydrogen-bond acceptors (Lipinski definition) is 6. The van der Waals surface area contributed by atoms with E-state index in [1.807, 2.05) is 19.2 Å². The highest BCUT2D eigenvalue weighted by atomic mass is 32.1. The van der Waals surface area contributed by atoms with Gasteiger partial charge >= 0.3 is 0 Å². The number of aryl methyl sites for hydroxylation is 1. The van der Waals surface area contributed by atoms with E-state index in [9.17, 15) is 5.11 Å². The van der Waals surface area contributed by atoms with Crippen LogP contribution in [0.25, 0.3) is 0 Å². The molecule has 0 aliphatic rings. The highest BCUT2D eigenvalue weighted by Gasteiger charge is 2.12. The zero-order valence-electron chi connectivity index (χ0n) is 9.88. The van der Waals surface area contributed by atoms with E-state index in [-0.39, 0.29) is 0 Å². The van der Waals surface area contributed by atoms with Crippen LogP contribution in [0.4, 0.5) is 0 Å². The summed E-state index contributed by atoms with van der Waals surface area (Å²) in [6.45, 7) is 3.87. The Bertz CT molecular complexity index is 481. The minimum absolute atomic E-state index is 0.412. The van der Waals surface area contributed by atoms with Gasteiger partial charge in [0.1, 0.15) is 5.01 Å². The van der Waals surface area contributed by atoms with Gasteiger partial charge in [-0.3, -0.25) is 0 Å². The summed E-state index contributed by atoms with van der Waals surface area (Å²) < 4.78 is 5.07. The minimum atomic E-state index is -0.412. The third-order valence-electron chi connectivity index (χ3n) is 2.37. The predicted octanol–water partition coefficient (Wildman–Crippen LogP) is 1.74. The van der Waals surface area contributed by atoms with Gasteiger partial charge in [0, 0.05) is 11.1 Å². The molecule has 17 heavy (non-hydrogen) atoms. The molecule has 2 aromatic rings. The maximum absolute atomic E-state index is 9.48. The molecule has 0 saturated heterocycles. The Balaban J connectivity index is 1.98. The van der Waals surface area contributed by atoms with Gasteiger partial charge in [-0.2, -0.15) is 4.98 Å². The smallest absolute Gasteiger partial charge is 0.229 e. The van der Waals surface area contributed by atoms with E-state index in [1.54, 1.807) is 11.3 Å². The van der Waals surface area contributed by atoms with Crippen molar-refractivity contribution in [2.45, 2.75) is 39.2 Å². The Morgan fingerprint density at radius 1 is 1.47 bits per heavy atom. The number of rotatable bonds is 5. The lowest BCUT2D eigenvalue weighted by molar-refractivity contribution is 0.158. The number of aliphatic hydroxyl groups is 1. The fourth-order valence-electron chi connectivity index (χ4n) is 1.41. The molecule has 2 heterocycles. The molecule has 0 radical (unpaired) electrons. The number of hydrogen-bond donors (Lipinski definition) is 1. The first-order valence-electron chi connectivity index (χ1n) is 5.58. The van der Waals surface area contributed by atoms with Crippen LogP contribution in [0.15, 0.2) is 9.90 Å². The first-order valence-corrected chi connectivity index (χ1v) is 6.46. The molecule has 0 aromatic carbocycles. The van der Waals surface area contributed by atoms with Crippen LogP contribution >= 0.6 is 11.3 Å². The van der Waals surface area contributed by atoms with E-state index < -0.39 is 6.10 Å². The van der Waals surface area contributed by atoms with Crippen LogP contribution in [0.2, 0.25) is 0 Å². The first-order chi connectivity index (χ1) is 8.17. The van der Waals surface area contributed by atoms with Crippen molar-refractivity contribution in [3.63, 3.8) is 0 Å². The second-order valence-corrected chi connectivity index (χ2v) is 4.87. The fourth-order valence-corrected chi connectivity index (χ4v) is 2.18. The summed E-state index contributed by atoms with van der Waals surface area (Å²) in [5, 5.41) is 16.3. The van der Waals surface area contributed by atoms with Crippen molar-refractivity contribution in [2.24, 2.45) is 0 Å². The Morgan fingerprint density at radius 3 is 2.94 bits per heavy atom. The van der Waals surface area contributed by atoms with Crippen LogP contribution in [-0.2, 0) is 12.8 Å². The average molecular weight is 253 g/mol. The van der Waals surface area contributed by atoms with Gasteiger partial charge in [0.15, 0.2) is 5.82 Å². The monoisotopic (exact) mass is 253 g/mol. The second-order valence-electron chi connectivity index (χ2n) is 3.93. The number of aromatic nitrogens is 3. The molecule has 1 unspecified atom stereocenters. The van der Waals surface area contributed by atoms with Crippen LogP contribution in [0.5, 0.6) is 0 Å². The summed E-state index contributed by atoms with van der Waals surface area (Å²) in [4.78, 5) is 8.57. The average Bonchev–Trinajstić information content (AvgIpc) is 2.89. The summed E-state index contributed by atoms with van der Waals surface area (Å²) in [5.41, 5.74) is 1.01. The number of aliphatic hydroxyl groups excluding tert-OH is 1. The quantitative estimate of drug-likeness (QED) is 0.878. The Hall–Kier alpha value is -1.27. The van der Waals surface area contributed by atoms with Crippen molar-refractivity contribution in [1.82, 2.24) is 15.1 Å². The third-order valence-corrected chi connectivity index (χ3v) is 3.33. The normalized spacial score (nSPS) is 12.9. The molecule has 0 aliphatic carbocycles. The summed E-state index contributed by atoms with van der Waals surface area (Å²) in [6, 6.07) is 0. The van der Waals surface area contributed by atoms with Gasteiger partial charge < -0.3 is 9.63 Å². The predicted molar refractivity (Wildman–Crippen MR) is 64.0 cm³/mol. The zero-order chi connectivity index (χ0) is 12.3. The van der Waals surface area contributed by atoms with Crippen molar-refractivity contribution in [3.8, 4) is 0 Å². The van der Waals surface area contributed by atoms with E-state index in [1.165, 1.54) is 0 Å². The molecular weight excluding hydrogens is 238 g/mol. The molecule has 1 N–H and O–H groups in total.